The van der Waals surface area contributed by atoms with Crippen LogP contribution < -0.4 is 5.32 Å². The highest BCUT2D eigenvalue weighted by Gasteiger charge is 2.16. The Morgan fingerprint density at radius 2 is 1.98 bits per heavy atom. The minimum absolute atomic E-state index is 0.267. The van der Waals surface area contributed by atoms with Gasteiger partial charge in [-0.1, -0.05) is 25.3 Å². The van der Waals surface area contributed by atoms with Crippen molar-refractivity contribution in [1.82, 2.24) is 35.4 Å². The molecular weight excluding hydrogens is 501 g/mol. The molecule has 4 aromatic heterocycles. The number of fused-ring (bicyclic) bond motifs is 2. The zero-order chi connectivity index (χ0) is 28.4. The zero-order valence-corrected chi connectivity index (χ0v) is 23.1. The van der Waals surface area contributed by atoms with Crippen LogP contribution in [0.5, 0.6) is 0 Å². The number of benzene rings is 1. The second-order valence-corrected chi connectivity index (χ2v) is 10.0. The van der Waals surface area contributed by atoms with Gasteiger partial charge in [-0.25, -0.2) is 14.4 Å². The lowest BCUT2D eigenvalue weighted by Crippen LogP contribution is -2.23. The van der Waals surface area contributed by atoms with Crippen molar-refractivity contribution < 1.29 is 4.39 Å². The van der Waals surface area contributed by atoms with Crippen LogP contribution in [0.15, 0.2) is 91.4 Å². The third-order valence-corrected chi connectivity index (χ3v) is 6.51. The van der Waals surface area contributed by atoms with E-state index in [4.69, 9.17) is 4.98 Å². The molecule has 5 aromatic rings. The number of hydrogen-bond acceptors (Lipinski definition) is 5. The van der Waals surface area contributed by atoms with E-state index in [2.05, 4.69) is 38.6 Å². The molecule has 202 valence electrons. The van der Waals surface area contributed by atoms with Crippen LogP contribution in [0, 0.1) is 12.7 Å². The van der Waals surface area contributed by atoms with E-state index in [0.29, 0.717) is 17.9 Å². The van der Waals surface area contributed by atoms with Gasteiger partial charge in [-0.3, -0.25) is 5.10 Å². The number of aromatic nitrogens is 5. The highest BCUT2D eigenvalue weighted by molar-refractivity contribution is 5.99. The third kappa shape index (κ3) is 5.48. The third-order valence-electron chi connectivity index (χ3n) is 6.51. The van der Waals surface area contributed by atoms with Crippen molar-refractivity contribution in [2.75, 3.05) is 20.6 Å². The van der Waals surface area contributed by atoms with Crippen molar-refractivity contribution >= 4 is 27.6 Å². The minimum atomic E-state index is -0.267. The predicted molar refractivity (Wildman–Crippen MR) is 162 cm³/mol. The Morgan fingerprint density at radius 1 is 1.15 bits per heavy atom. The Morgan fingerprint density at radius 3 is 2.70 bits per heavy atom. The fraction of sp³-hybridized carbons (Fsp3) is 0.156. The molecule has 0 saturated heterocycles. The highest BCUT2D eigenvalue weighted by atomic mass is 19.1. The van der Waals surface area contributed by atoms with Crippen LogP contribution in [0.2, 0.25) is 0 Å². The maximum Gasteiger partial charge on any atom is 0.138 e. The van der Waals surface area contributed by atoms with Crippen LogP contribution in [-0.2, 0) is 0 Å². The molecule has 4 heterocycles. The monoisotopic (exact) mass is 533 g/mol. The smallest absolute Gasteiger partial charge is 0.138 e. The van der Waals surface area contributed by atoms with E-state index >= 15 is 0 Å². The van der Waals surface area contributed by atoms with Gasteiger partial charge in [0.2, 0.25) is 0 Å². The first-order chi connectivity index (χ1) is 19.2. The molecule has 1 aromatic carbocycles. The number of H-pyrrole nitrogens is 2. The Kier molecular flexibility index (Phi) is 7.44. The molecule has 0 aliphatic heterocycles. The molecule has 0 saturated carbocycles. The van der Waals surface area contributed by atoms with Gasteiger partial charge in [0.25, 0.3) is 0 Å². The highest BCUT2D eigenvalue weighted by Crippen LogP contribution is 2.33. The predicted octanol–water partition coefficient (Wildman–Crippen LogP) is 6.75. The molecule has 5 rings (SSSR count). The van der Waals surface area contributed by atoms with E-state index in [1.54, 1.807) is 18.3 Å². The SMILES string of the molecule is C=C/C(=C\C(=C/C)c1ccc2[nH]nc(-c3cc4c(-c5cc(C)cc(F)c5)ccnc4[nH]3)c2n1)NC(=C)CN(C)C. The van der Waals surface area contributed by atoms with E-state index in [1.165, 1.54) is 6.07 Å². The number of hydrogen-bond donors (Lipinski definition) is 3. The molecule has 3 N–H and O–H groups in total. The first-order valence-corrected chi connectivity index (χ1v) is 13.0. The number of nitrogens with one attached hydrogen (secondary N) is 3. The Hall–Kier alpha value is -4.82. The van der Waals surface area contributed by atoms with E-state index in [1.807, 2.05) is 75.3 Å². The number of aryl methyl sites for hydroxylation is 1. The van der Waals surface area contributed by atoms with Crippen molar-refractivity contribution in [3.63, 3.8) is 0 Å². The molecule has 40 heavy (non-hydrogen) atoms. The number of aromatic amines is 2. The van der Waals surface area contributed by atoms with E-state index in [0.717, 1.165) is 61.5 Å². The van der Waals surface area contributed by atoms with Crippen LogP contribution in [0.3, 0.4) is 0 Å². The Balaban J connectivity index is 1.54. The number of likely N-dealkylation sites (N-methyl/N-ethyl adjacent to an activating group) is 1. The van der Waals surface area contributed by atoms with Crippen molar-refractivity contribution in [3.8, 4) is 22.5 Å². The second kappa shape index (κ2) is 11.1. The normalized spacial score (nSPS) is 12.4. The summed E-state index contributed by atoms with van der Waals surface area (Å²) >= 11 is 0. The minimum Gasteiger partial charge on any atom is -0.358 e. The largest absolute Gasteiger partial charge is 0.358 e. The van der Waals surface area contributed by atoms with Crippen LogP contribution in [0.4, 0.5) is 4.39 Å². The van der Waals surface area contributed by atoms with Gasteiger partial charge in [0.15, 0.2) is 0 Å². The number of rotatable bonds is 9. The summed E-state index contributed by atoms with van der Waals surface area (Å²) in [6.45, 7) is 12.6. The fourth-order valence-corrected chi connectivity index (χ4v) is 4.79. The molecule has 8 heteroatoms. The molecule has 0 fully saturated rings. The number of halogens is 1. The topological polar surface area (TPSA) is 85.5 Å². The van der Waals surface area contributed by atoms with Crippen LogP contribution in [0.1, 0.15) is 18.2 Å². The molecule has 0 unspecified atom stereocenters. The molecule has 0 aliphatic rings. The van der Waals surface area contributed by atoms with Gasteiger partial charge in [0.05, 0.1) is 16.9 Å². The van der Waals surface area contributed by atoms with Crippen LogP contribution in [-0.4, -0.2) is 50.7 Å². The average molecular weight is 534 g/mol. The van der Waals surface area contributed by atoms with Crippen molar-refractivity contribution in [2.45, 2.75) is 13.8 Å². The van der Waals surface area contributed by atoms with Crippen LogP contribution in [0.25, 0.3) is 50.2 Å². The van der Waals surface area contributed by atoms with Gasteiger partial charge in [-0.05, 0) is 98.8 Å². The van der Waals surface area contributed by atoms with Gasteiger partial charge in [0.1, 0.15) is 22.7 Å². The second-order valence-electron chi connectivity index (χ2n) is 10.0. The van der Waals surface area contributed by atoms with Gasteiger partial charge in [0, 0.05) is 29.5 Å². The lowest BCUT2D eigenvalue weighted by Gasteiger charge is -2.15. The summed E-state index contributed by atoms with van der Waals surface area (Å²) in [5, 5.41) is 11.9. The summed E-state index contributed by atoms with van der Waals surface area (Å²) in [7, 11) is 3.99. The summed E-state index contributed by atoms with van der Waals surface area (Å²) in [6, 6.07) is 12.9. The molecular formula is C32H32FN7. The number of nitrogens with zero attached hydrogens (tertiary/aromatic N) is 4. The summed E-state index contributed by atoms with van der Waals surface area (Å²) in [5.41, 5.74) is 9.65. The van der Waals surface area contributed by atoms with Crippen molar-refractivity contribution in [2.24, 2.45) is 0 Å². The average Bonchev–Trinajstić information content (AvgIpc) is 3.53. The first kappa shape index (κ1) is 26.8. The van der Waals surface area contributed by atoms with Crippen molar-refractivity contribution in [3.05, 3.63) is 109 Å². The van der Waals surface area contributed by atoms with E-state index in [9.17, 15) is 4.39 Å². The van der Waals surface area contributed by atoms with E-state index in [-0.39, 0.29) is 5.82 Å². The van der Waals surface area contributed by atoms with Gasteiger partial charge < -0.3 is 15.2 Å². The lowest BCUT2D eigenvalue weighted by molar-refractivity contribution is 0.438. The van der Waals surface area contributed by atoms with Gasteiger partial charge in [-0.2, -0.15) is 5.10 Å². The molecule has 0 spiro atoms. The summed E-state index contributed by atoms with van der Waals surface area (Å²) in [5.74, 6) is -0.267. The molecule has 0 amide bonds. The maximum atomic E-state index is 14.2. The standard InChI is InChI=1S/C32H32FN7/c1-7-21(16-24(8-2)35-20(4)18-40(5)6)27-9-10-28-30(36-27)31(39-38-28)29-17-26-25(11-12-34-32(26)37-29)22-13-19(3)14-23(33)15-22/h7-17,35H,2,4,18H2,1,3,5-6H3,(H,34,37)(H,38,39)/b21-7+,24-16+. The molecule has 7 nitrogen and oxygen atoms in total. The van der Waals surface area contributed by atoms with Gasteiger partial charge >= 0.3 is 0 Å². The Bertz CT molecular complexity index is 1780. The molecule has 0 bridgehead atoms. The van der Waals surface area contributed by atoms with E-state index < -0.39 is 0 Å². The Labute approximate surface area is 232 Å². The summed E-state index contributed by atoms with van der Waals surface area (Å²) in [4.78, 5) is 14.9. The lowest BCUT2D eigenvalue weighted by atomic mass is 10.0. The number of allylic oxidation sites excluding steroid dienone is 4. The molecule has 0 aliphatic carbocycles. The fourth-order valence-electron chi connectivity index (χ4n) is 4.79. The molecule has 0 radical (unpaired) electrons. The quantitative estimate of drug-likeness (QED) is 0.182. The summed E-state index contributed by atoms with van der Waals surface area (Å²) in [6.07, 6.45) is 7.50. The van der Waals surface area contributed by atoms with Crippen LogP contribution >= 0.6 is 0 Å². The molecule has 0 atom stereocenters. The van der Waals surface area contributed by atoms with Gasteiger partial charge in [-0.15, -0.1) is 0 Å². The maximum absolute atomic E-state index is 14.2. The zero-order valence-electron chi connectivity index (χ0n) is 23.1. The number of pyridine rings is 2. The summed E-state index contributed by atoms with van der Waals surface area (Å²) < 4.78 is 14.2. The van der Waals surface area contributed by atoms with Crippen molar-refractivity contribution in [1.29, 1.82) is 0 Å². The first-order valence-electron chi connectivity index (χ1n) is 13.0.